The van der Waals surface area contributed by atoms with Crippen molar-refractivity contribution in [2.75, 3.05) is 0 Å². The molecule has 0 aliphatic heterocycles. The SMILES string of the molecule is CCC(N)Cc1ccc(Oc2cccnc2)c(C)c1. The molecule has 0 bridgehead atoms. The van der Waals surface area contributed by atoms with Gasteiger partial charge >= 0.3 is 0 Å². The minimum Gasteiger partial charge on any atom is -0.455 e. The number of aromatic nitrogens is 1. The average molecular weight is 256 g/mol. The monoisotopic (exact) mass is 256 g/mol. The van der Waals surface area contributed by atoms with Crippen LogP contribution in [-0.2, 0) is 6.42 Å². The van der Waals surface area contributed by atoms with Gasteiger partial charge in [-0.3, -0.25) is 4.98 Å². The molecule has 0 aliphatic rings. The summed E-state index contributed by atoms with van der Waals surface area (Å²) in [7, 11) is 0. The third kappa shape index (κ3) is 3.80. The van der Waals surface area contributed by atoms with Crippen LogP contribution in [0.5, 0.6) is 11.5 Å². The molecule has 0 saturated heterocycles. The average Bonchev–Trinajstić information content (AvgIpc) is 2.43. The quantitative estimate of drug-likeness (QED) is 0.891. The van der Waals surface area contributed by atoms with Crippen molar-refractivity contribution in [3.05, 3.63) is 53.9 Å². The van der Waals surface area contributed by atoms with Crippen LogP contribution < -0.4 is 10.5 Å². The first-order valence-electron chi connectivity index (χ1n) is 6.62. The molecule has 0 aliphatic carbocycles. The Morgan fingerprint density at radius 3 is 2.79 bits per heavy atom. The molecule has 0 radical (unpaired) electrons. The molecule has 100 valence electrons. The second kappa shape index (κ2) is 6.34. The summed E-state index contributed by atoms with van der Waals surface area (Å²) >= 11 is 0. The van der Waals surface area contributed by atoms with Crippen LogP contribution >= 0.6 is 0 Å². The highest BCUT2D eigenvalue weighted by molar-refractivity contribution is 5.39. The lowest BCUT2D eigenvalue weighted by Crippen LogP contribution is -2.21. The van der Waals surface area contributed by atoms with Crippen molar-refractivity contribution in [1.82, 2.24) is 4.98 Å². The van der Waals surface area contributed by atoms with E-state index in [0.29, 0.717) is 0 Å². The van der Waals surface area contributed by atoms with Crippen molar-refractivity contribution in [2.24, 2.45) is 5.73 Å². The van der Waals surface area contributed by atoms with Crippen LogP contribution in [0.1, 0.15) is 24.5 Å². The van der Waals surface area contributed by atoms with Crippen molar-refractivity contribution < 1.29 is 4.74 Å². The summed E-state index contributed by atoms with van der Waals surface area (Å²) in [4.78, 5) is 4.04. The van der Waals surface area contributed by atoms with Crippen molar-refractivity contribution in [3.63, 3.8) is 0 Å². The molecule has 1 atom stereocenters. The minimum atomic E-state index is 0.226. The maximum Gasteiger partial charge on any atom is 0.145 e. The Hall–Kier alpha value is -1.87. The highest BCUT2D eigenvalue weighted by Crippen LogP contribution is 2.25. The summed E-state index contributed by atoms with van der Waals surface area (Å²) in [6, 6.07) is 10.2. The Morgan fingerprint density at radius 2 is 2.16 bits per heavy atom. The van der Waals surface area contributed by atoms with Crippen LogP contribution in [0.2, 0.25) is 0 Å². The Bertz CT molecular complexity index is 526. The molecule has 3 heteroatoms. The first-order chi connectivity index (χ1) is 9.19. The molecule has 1 unspecified atom stereocenters. The highest BCUT2D eigenvalue weighted by Gasteiger charge is 2.06. The van der Waals surface area contributed by atoms with E-state index in [4.69, 9.17) is 10.5 Å². The molecule has 1 aromatic heterocycles. The summed E-state index contributed by atoms with van der Waals surface area (Å²) < 4.78 is 5.80. The van der Waals surface area contributed by atoms with Crippen LogP contribution in [0, 0.1) is 6.92 Å². The molecule has 19 heavy (non-hydrogen) atoms. The Kier molecular flexibility index (Phi) is 4.53. The van der Waals surface area contributed by atoms with E-state index in [2.05, 4.69) is 24.0 Å². The fourth-order valence-electron chi connectivity index (χ4n) is 1.93. The number of hydrogen-bond acceptors (Lipinski definition) is 3. The predicted molar refractivity (Wildman–Crippen MR) is 77.5 cm³/mol. The first kappa shape index (κ1) is 13.6. The van der Waals surface area contributed by atoms with E-state index in [-0.39, 0.29) is 6.04 Å². The fraction of sp³-hybridized carbons (Fsp3) is 0.312. The smallest absolute Gasteiger partial charge is 0.145 e. The zero-order valence-corrected chi connectivity index (χ0v) is 11.5. The van der Waals surface area contributed by atoms with Gasteiger partial charge in [0.1, 0.15) is 11.5 Å². The Labute approximate surface area is 114 Å². The van der Waals surface area contributed by atoms with Crippen molar-refractivity contribution in [2.45, 2.75) is 32.7 Å². The van der Waals surface area contributed by atoms with Crippen molar-refractivity contribution in [1.29, 1.82) is 0 Å². The van der Waals surface area contributed by atoms with Crippen LogP contribution in [0.15, 0.2) is 42.7 Å². The van der Waals surface area contributed by atoms with E-state index < -0.39 is 0 Å². The summed E-state index contributed by atoms with van der Waals surface area (Å²) in [5, 5.41) is 0. The molecule has 0 fully saturated rings. The van der Waals surface area contributed by atoms with E-state index in [0.717, 1.165) is 29.9 Å². The highest BCUT2D eigenvalue weighted by atomic mass is 16.5. The molecular formula is C16H20N2O. The summed E-state index contributed by atoms with van der Waals surface area (Å²) in [5.41, 5.74) is 8.35. The number of benzene rings is 1. The molecule has 1 heterocycles. The number of ether oxygens (including phenoxy) is 1. The maximum atomic E-state index is 5.98. The third-order valence-electron chi connectivity index (χ3n) is 3.12. The summed E-state index contributed by atoms with van der Waals surface area (Å²) in [6.45, 7) is 4.16. The topological polar surface area (TPSA) is 48.1 Å². The predicted octanol–water partition coefficient (Wildman–Crippen LogP) is 3.46. The molecular weight excluding hydrogens is 236 g/mol. The van der Waals surface area contributed by atoms with Gasteiger partial charge < -0.3 is 10.5 Å². The Balaban J connectivity index is 2.11. The standard InChI is InChI=1S/C16H20N2O/c1-3-14(17)10-13-6-7-16(12(2)9-13)19-15-5-4-8-18-11-15/h4-9,11,14H,3,10,17H2,1-2H3. The van der Waals surface area contributed by atoms with Crippen LogP contribution in [0.25, 0.3) is 0 Å². The van der Waals surface area contributed by atoms with Gasteiger partial charge in [-0.25, -0.2) is 0 Å². The van der Waals surface area contributed by atoms with Gasteiger partial charge in [-0.2, -0.15) is 0 Å². The van der Waals surface area contributed by atoms with Gasteiger partial charge in [0.05, 0.1) is 6.20 Å². The fourth-order valence-corrected chi connectivity index (χ4v) is 1.93. The van der Waals surface area contributed by atoms with Gasteiger partial charge in [-0.1, -0.05) is 19.1 Å². The van der Waals surface area contributed by atoms with Gasteiger partial charge in [0.15, 0.2) is 0 Å². The lowest BCUT2D eigenvalue weighted by molar-refractivity contribution is 0.476. The van der Waals surface area contributed by atoms with Gasteiger partial charge in [-0.15, -0.1) is 0 Å². The van der Waals surface area contributed by atoms with E-state index in [1.807, 2.05) is 25.1 Å². The molecule has 2 rings (SSSR count). The lowest BCUT2D eigenvalue weighted by Gasteiger charge is -2.12. The van der Waals surface area contributed by atoms with E-state index in [1.165, 1.54) is 5.56 Å². The largest absolute Gasteiger partial charge is 0.455 e. The number of aryl methyl sites for hydroxylation is 1. The van der Waals surface area contributed by atoms with Gasteiger partial charge in [0, 0.05) is 12.2 Å². The second-order valence-corrected chi connectivity index (χ2v) is 4.76. The summed E-state index contributed by atoms with van der Waals surface area (Å²) in [6.07, 6.45) is 5.34. The maximum absolute atomic E-state index is 5.98. The lowest BCUT2D eigenvalue weighted by atomic mass is 10.0. The van der Waals surface area contributed by atoms with E-state index in [1.54, 1.807) is 12.4 Å². The number of nitrogens with two attached hydrogens (primary N) is 1. The van der Waals surface area contributed by atoms with E-state index >= 15 is 0 Å². The zero-order chi connectivity index (χ0) is 13.7. The van der Waals surface area contributed by atoms with Gasteiger partial charge in [-0.05, 0) is 49.1 Å². The first-order valence-corrected chi connectivity index (χ1v) is 6.62. The number of pyridine rings is 1. The number of rotatable bonds is 5. The van der Waals surface area contributed by atoms with Gasteiger partial charge in [0.2, 0.25) is 0 Å². The van der Waals surface area contributed by atoms with Crippen LogP contribution in [0.4, 0.5) is 0 Å². The molecule has 0 spiro atoms. The van der Waals surface area contributed by atoms with Crippen molar-refractivity contribution >= 4 is 0 Å². The molecule has 1 aromatic carbocycles. The van der Waals surface area contributed by atoms with Crippen LogP contribution in [-0.4, -0.2) is 11.0 Å². The van der Waals surface area contributed by atoms with Crippen molar-refractivity contribution in [3.8, 4) is 11.5 Å². The molecule has 2 aromatic rings. The van der Waals surface area contributed by atoms with Gasteiger partial charge in [0.25, 0.3) is 0 Å². The molecule has 0 amide bonds. The summed E-state index contributed by atoms with van der Waals surface area (Å²) in [5.74, 6) is 1.62. The minimum absolute atomic E-state index is 0.226. The zero-order valence-electron chi connectivity index (χ0n) is 11.5. The van der Waals surface area contributed by atoms with Crippen LogP contribution in [0.3, 0.4) is 0 Å². The number of hydrogen-bond donors (Lipinski definition) is 1. The van der Waals surface area contributed by atoms with E-state index in [9.17, 15) is 0 Å². The second-order valence-electron chi connectivity index (χ2n) is 4.76. The normalized spacial score (nSPS) is 12.2. The molecule has 2 N–H and O–H groups in total. The number of nitrogens with zero attached hydrogens (tertiary/aromatic N) is 1. The molecule has 0 saturated carbocycles. The molecule has 3 nitrogen and oxygen atoms in total. The Morgan fingerprint density at radius 1 is 1.32 bits per heavy atom. The third-order valence-corrected chi connectivity index (χ3v) is 3.12.